The summed E-state index contributed by atoms with van der Waals surface area (Å²) in [7, 11) is 0. The maximum atomic E-state index is 4.76. The third-order valence-corrected chi connectivity index (χ3v) is 7.73. The Hall–Kier alpha value is -3.14. The van der Waals surface area contributed by atoms with Gasteiger partial charge in [0, 0.05) is 40.6 Å². The van der Waals surface area contributed by atoms with Crippen molar-refractivity contribution in [1.82, 2.24) is 9.97 Å². The van der Waals surface area contributed by atoms with E-state index in [-0.39, 0.29) is 0 Å². The Balaban J connectivity index is 1.68. The fourth-order valence-electron chi connectivity index (χ4n) is 4.80. The molecule has 0 unspecified atom stereocenters. The second-order valence-electron chi connectivity index (χ2n) is 9.66. The molecule has 0 aromatic carbocycles. The Morgan fingerprint density at radius 3 is 1.21 bits per heavy atom. The number of aliphatic imine (C=N–C) groups is 2. The van der Waals surface area contributed by atoms with Crippen molar-refractivity contribution >= 4 is 23.6 Å². The fraction of sp³-hybridized carbons (Fsp3) is 0.379. The number of hydrogen-bond acceptors (Lipinski definition) is 2. The molecule has 4 rings (SSSR count). The summed E-state index contributed by atoms with van der Waals surface area (Å²) in [4.78, 5) is 16.8. The lowest BCUT2D eigenvalue weighted by Crippen LogP contribution is -1.94. The average molecular weight is 441 g/mol. The van der Waals surface area contributed by atoms with E-state index in [1.165, 1.54) is 55.9 Å². The first kappa shape index (κ1) is 23.0. The van der Waals surface area contributed by atoms with Crippen molar-refractivity contribution in [3.63, 3.8) is 0 Å². The van der Waals surface area contributed by atoms with Crippen molar-refractivity contribution in [3.05, 3.63) is 78.7 Å². The van der Waals surface area contributed by atoms with Crippen LogP contribution < -0.4 is 0 Å². The van der Waals surface area contributed by atoms with Crippen molar-refractivity contribution in [1.29, 1.82) is 0 Å². The van der Waals surface area contributed by atoms with Gasteiger partial charge in [0.15, 0.2) is 0 Å². The van der Waals surface area contributed by atoms with Crippen molar-refractivity contribution in [2.75, 3.05) is 0 Å². The largest absolute Gasteiger partial charge is 0.359 e. The summed E-state index contributed by atoms with van der Waals surface area (Å²) >= 11 is 0. The molecule has 0 fully saturated rings. The van der Waals surface area contributed by atoms with E-state index < -0.39 is 0 Å². The van der Waals surface area contributed by atoms with Crippen LogP contribution in [0.2, 0.25) is 0 Å². The van der Waals surface area contributed by atoms with E-state index in [1.54, 1.807) is 0 Å². The first-order chi connectivity index (χ1) is 15.5. The van der Waals surface area contributed by atoms with Gasteiger partial charge in [-0.15, -0.1) is 0 Å². The SMILES string of the molecule is CC1=N/C(=C\c2[nH]c(C)c(Cc3c(C)[nH]c(/C=C4\N=C(C)C(C)=C4C)c3C)c2C)C(C)=C1C. The van der Waals surface area contributed by atoms with Crippen LogP contribution in [-0.2, 0) is 6.42 Å². The van der Waals surface area contributed by atoms with Crippen LogP contribution in [0.3, 0.4) is 0 Å². The highest BCUT2D eigenvalue weighted by Crippen LogP contribution is 2.32. The number of aryl methyl sites for hydroxylation is 2. The molecule has 4 heteroatoms. The predicted molar refractivity (Wildman–Crippen MR) is 142 cm³/mol. The zero-order chi connectivity index (χ0) is 24.2. The van der Waals surface area contributed by atoms with Gasteiger partial charge < -0.3 is 9.97 Å². The van der Waals surface area contributed by atoms with Gasteiger partial charge >= 0.3 is 0 Å². The lowest BCUT2D eigenvalue weighted by molar-refractivity contribution is 1.09. The van der Waals surface area contributed by atoms with Crippen LogP contribution in [0.25, 0.3) is 12.2 Å². The van der Waals surface area contributed by atoms with Gasteiger partial charge in [-0.1, -0.05) is 0 Å². The molecule has 2 aromatic heterocycles. The molecule has 4 heterocycles. The van der Waals surface area contributed by atoms with Crippen LogP contribution in [-0.4, -0.2) is 21.4 Å². The molecule has 0 saturated heterocycles. The highest BCUT2D eigenvalue weighted by atomic mass is 14.8. The number of aromatic nitrogens is 2. The van der Waals surface area contributed by atoms with Gasteiger partial charge in [-0.3, -0.25) is 9.98 Å². The highest BCUT2D eigenvalue weighted by Gasteiger charge is 2.20. The number of aromatic amines is 2. The zero-order valence-electron chi connectivity index (χ0n) is 21.8. The second kappa shape index (κ2) is 8.33. The van der Waals surface area contributed by atoms with Gasteiger partial charge in [-0.25, -0.2) is 0 Å². The second-order valence-corrected chi connectivity index (χ2v) is 9.66. The van der Waals surface area contributed by atoms with E-state index in [1.807, 2.05) is 0 Å². The Morgan fingerprint density at radius 1 is 0.545 bits per heavy atom. The van der Waals surface area contributed by atoms with Crippen LogP contribution in [0.1, 0.15) is 86.6 Å². The van der Waals surface area contributed by atoms with Crippen LogP contribution in [0.5, 0.6) is 0 Å². The van der Waals surface area contributed by atoms with Crippen LogP contribution in [0.15, 0.2) is 43.7 Å². The summed E-state index contributed by atoms with van der Waals surface area (Å²) < 4.78 is 0. The molecule has 0 amide bonds. The molecule has 0 atom stereocenters. The molecule has 2 N–H and O–H groups in total. The molecule has 4 nitrogen and oxygen atoms in total. The summed E-state index contributed by atoms with van der Waals surface area (Å²) in [6, 6.07) is 0. The van der Waals surface area contributed by atoms with E-state index >= 15 is 0 Å². The molecule has 0 radical (unpaired) electrons. The molecule has 0 spiro atoms. The first-order valence-electron chi connectivity index (χ1n) is 11.8. The van der Waals surface area contributed by atoms with Gasteiger partial charge in [0.05, 0.1) is 11.4 Å². The topological polar surface area (TPSA) is 56.3 Å². The standard InChI is InChI=1S/C29H36N4/c1-14-16(3)26(30-20(14)7)12-28-18(5)24(22(9)32-28)11-25-19(6)29(33-23(25)10)13-27-17(4)15(2)21(8)31-27/h12-13,32-33H,11H2,1-10H3/b26-12-,27-13-. The zero-order valence-corrected chi connectivity index (χ0v) is 21.8. The maximum Gasteiger partial charge on any atom is 0.0686 e. The molecule has 0 aliphatic carbocycles. The van der Waals surface area contributed by atoms with Crippen molar-refractivity contribution < 1.29 is 0 Å². The molecule has 2 aromatic rings. The summed E-state index contributed by atoms with van der Waals surface area (Å²) in [5.41, 5.74) is 19.5. The van der Waals surface area contributed by atoms with Gasteiger partial charge in [0.25, 0.3) is 0 Å². The molecule has 2 aliphatic rings. The molecular weight excluding hydrogens is 404 g/mol. The summed E-state index contributed by atoms with van der Waals surface area (Å²) in [5, 5.41) is 0. The number of allylic oxidation sites excluding steroid dienone is 4. The minimum atomic E-state index is 0.904. The number of rotatable bonds is 4. The fourth-order valence-corrected chi connectivity index (χ4v) is 4.80. The smallest absolute Gasteiger partial charge is 0.0686 e. The lowest BCUT2D eigenvalue weighted by Gasteiger charge is -2.05. The summed E-state index contributed by atoms with van der Waals surface area (Å²) in [6.45, 7) is 21.6. The molecule has 0 saturated carbocycles. The lowest BCUT2D eigenvalue weighted by atomic mass is 9.97. The van der Waals surface area contributed by atoms with Gasteiger partial charge in [-0.2, -0.15) is 0 Å². The maximum absolute atomic E-state index is 4.76. The monoisotopic (exact) mass is 440 g/mol. The third-order valence-electron chi connectivity index (χ3n) is 7.73. The Bertz CT molecular complexity index is 1250. The van der Waals surface area contributed by atoms with E-state index in [4.69, 9.17) is 9.98 Å². The molecular formula is C29H36N4. The Kier molecular flexibility index (Phi) is 5.81. The molecule has 33 heavy (non-hydrogen) atoms. The highest BCUT2D eigenvalue weighted by molar-refractivity contribution is 6.03. The average Bonchev–Trinajstić information content (AvgIpc) is 3.36. The Labute approximate surface area is 198 Å². The van der Waals surface area contributed by atoms with E-state index in [9.17, 15) is 0 Å². The molecule has 172 valence electrons. The quantitative estimate of drug-likeness (QED) is 0.495. The van der Waals surface area contributed by atoms with Gasteiger partial charge in [0.2, 0.25) is 0 Å². The van der Waals surface area contributed by atoms with Gasteiger partial charge in [-0.05, 0) is 126 Å². The number of hydrogen-bond donors (Lipinski definition) is 2. The number of nitrogens with zero attached hydrogens (tertiary/aromatic N) is 2. The summed E-state index contributed by atoms with van der Waals surface area (Å²) in [5.74, 6) is 0. The minimum absolute atomic E-state index is 0.904. The van der Waals surface area contributed by atoms with Crippen LogP contribution in [0.4, 0.5) is 0 Å². The van der Waals surface area contributed by atoms with E-state index in [0.29, 0.717) is 0 Å². The van der Waals surface area contributed by atoms with Crippen LogP contribution in [0, 0.1) is 27.7 Å². The van der Waals surface area contributed by atoms with Crippen molar-refractivity contribution in [2.45, 2.75) is 75.7 Å². The van der Waals surface area contributed by atoms with Gasteiger partial charge in [0.1, 0.15) is 0 Å². The predicted octanol–water partition coefficient (Wildman–Crippen LogP) is 7.47. The molecule has 2 aliphatic heterocycles. The van der Waals surface area contributed by atoms with Crippen molar-refractivity contribution in [3.8, 4) is 0 Å². The van der Waals surface area contributed by atoms with Crippen LogP contribution >= 0.6 is 0 Å². The number of H-pyrrole nitrogens is 2. The third kappa shape index (κ3) is 3.92. The summed E-state index contributed by atoms with van der Waals surface area (Å²) in [6.07, 6.45) is 5.30. The Morgan fingerprint density at radius 2 is 0.909 bits per heavy atom. The molecule has 0 bridgehead atoms. The van der Waals surface area contributed by atoms with E-state index in [2.05, 4.69) is 91.4 Å². The minimum Gasteiger partial charge on any atom is -0.359 e. The van der Waals surface area contributed by atoms with E-state index in [0.717, 1.165) is 40.6 Å². The normalized spacial score (nSPS) is 19.0. The number of nitrogens with one attached hydrogen (secondary N) is 2. The first-order valence-corrected chi connectivity index (χ1v) is 11.8. The van der Waals surface area contributed by atoms with Crippen molar-refractivity contribution in [2.24, 2.45) is 9.98 Å².